The summed E-state index contributed by atoms with van der Waals surface area (Å²) in [5.41, 5.74) is 5.49. The molecule has 2 aromatic rings. The molecule has 8 heteroatoms. The molecule has 8 nitrogen and oxygen atoms in total. The summed E-state index contributed by atoms with van der Waals surface area (Å²) in [6.07, 6.45) is 4.90. The molecule has 1 aliphatic carbocycles. The van der Waals surface area contributed by atoms with Crippen LogP contribution in [0.2, 0.25) is 0 Å². The van der Waals surface area contributed by atoms with Crippen molar-refractivity contribution in [1.82, 2.24) is 30.4 Å². The number of amides is 1. The van der Waals surface area contributed by atoms with Crippen molar-refractivity contribution in [2.75, 3.05) is 13.2 Å². The van der Waals surface area contributed by atoms with Crippen LogP contribution in [0.5, 0.6) is 0 Å². The van der Waals surface area contributed by atoms with Gasteiger partial charge in [0, 0.05) is 29.8 Å². The van der Waals surface area contributed by atoms with Gasteiger partial charge >= 0.3 is 0 Å². The number of hydrogen-bond acceptors (Lipinski definition) is 6. The van der Waals surface area contributed by atoms with Gasteiger partial charge in [0.25, 0.3) is 0 Å². The Bertz CT molecular complexity index is 1170. The van der Waals surface area contributed by atoms with Gasteiger partial charge in [-0.25, -0.2) is 4.68 Å². The van der Waals surface area contributed by atoms with Crippen LogP contribution in [0, 0.1) is 5.41 Å². The maximum atomic E-state index is 13.4. The molecule has 1 spiro atoms. The minimum Gasteiger partial charge on any atom is -0.488 e. The molecule has 3 aliphatic heterocycles. The summed E-state index contributed by atoms with van der Waals surface area (Å²) in [6.45, 7) is 10.2. The Labute approximate surface area is 193 Å². The zero-order chi connectivity index (χ0) is 22.7. The third kappa shape index (κ3) is 3.22. The van der Waals surface area contributed by atoms with E-state index in [0.29, 0.717) is 24.3 Å². The molecule has 0 bridgehead atoms. The molecule has 1 saturated carbocycles. The predicted octanol–water partition coefficient (Wildman–Crippen LogP) is 3.33. The number of carbonyl (C=O) groups is 1. The van der Waals surface area contributed by atoms with Crippen molar-refractivity contribution in [3.63, 3.8) is 0 Å². The smallest absolute Gasteiger partial charge is 0.233 e. The molecular formula is C25H30N6O2. The van der Waals surface area contributed by atoms with E-state index in [1.54, 1.807) is 0 Å². The van der Waals surface area contributed by atoms with Crippen LogP contribution >= 0.6 is 0 Å². The Morgan fingerprint density at radius 3 is 2.85 bits per heavy atom. The first-order valence-corrected chi connectivity index (χ1v) is 11.9. The number of fused-ring (bicyclic) bond motifs is 3. The lowest BCUT2D eigenvalue weighted by Gasteiger charge is -2.37. The fraction of sp³-hybridized carbons (Fsp3) is 0.520. The van der Waals surface area contributed by atoms with Crippen LogP contribution in [0.3, 0.4) is 0 Å². The standard InChI is InChI=1S/C25H30N6O2/c1-15-17(3)33-14-22(15)30-11-10-25(24(30)32)8-6-20(7-9-25)26-16(2)18-4-5-21-19(12-18)13-31-23(21)27-28-29-31/h4-5,12,16,20,26H,3,6-11,13-14H2,1-2H3/t16-,20?,25?/m1/s1. The first-order valence-electron chi connectivity index (χ1n) is 11.9. The molecule has 0 radical (unpaired) electrons. The number of hydrogen-bond donors (Lipinski definition) is 1. The van der Waals surface area contributed by atoms with Gasteiger partial charge in [0.1, 0.15) is 12.4 Å². The molecule has 33 heavy (non-hydrogen) atoms. The highest BCUT2D eigenvalue weighted by Gasteiger charge is 2.50. The number of ether oxygens (including phenoxy) is 1. The first kappa shape index (κ1) is 20.6. The van der Waals surface area contributed by atoms with Gasteiger partial charge < -0.3 is 15.0 Å². The van der Waals surface area contributed by atoms with Crippen molar-refractivity contribution in [3.05, 3.63) is 52.9 Å². The number of nitrogens with zero attached hydrogens (tertiary/aromatic N) is 5. The summed E-state index contributed by atoms with van der Waals surface area (Å²) in [6, 6.07) is 7.25. The van der Waals surface area contributed by atoms with Gasteiger partial charge in [-0.1, -0.05) is 24.8 Å². The molecule has 4 heterocycles. The van der Waals surface area contributed by atoms with Crippen molar-refractivity contribution in [2.24, 2.45) is 5.41 Å². The van der Waals surface area contributed by atoms with Crippen molar-refractivity contribution in [3.8, 4) is 11.4 Å². The topological polar surface area (TPSA) is 85.2 Å². The molecule has 1 aromatic heterocycles. The summed E-state index contributed by atoms with van der Waals surface area (Å²) in [4.78, 5) is 15.4. The Hall–Kier alpha value is -3.00. The third-order valence-electron chi connectivity index (χ3n) is 8.22. The summed E-state index contributed by atoms with van der Waals surface area (Å²) in [7, 11) is 0. The molecule has 1 aromatic carbocycles. The van der Waals surface area contributed by atoms with Crippen LogP contribution in [0.1, 0.15) is 63.1 Å². The number of nitrogens with one attached hydrogen (secondary N) is 1. The van der Waals surface area contributed by atoms with E-state index in [9.17, 15) is 4.79 Å². The molecule has 1 saturated heterocycles. The SMILES string of the molecule is C=C1OCC(N2CCC3(CCC(N[C@H](C)c4ccc5c(c4)Cn4nnnc4-5)CC3)C2=O)=C1C. The Morgan fingerprint density at radius 2 is 2.09 bits per heavy atom. The number of tetrazole rings is 1. The number of allylic oxidation sites excluding steroid dienone is 1. The quantitative estimate of drug-likeness (QED) is 0.662. The van der Waals surface area contributed by atoms with Gasteiger partial charge in [0.05, 0.1) is 17.7 Å². The van der Waals surface area contributed by atoms with Crippen LogP contribution in [-0.4, -0.2) is 50.2 Å². The van der Waals surface area contributed by atoms with Crippen molar-refractivity contribution >= 4 is 5.91 Å². The largest absolute Gasteiger partial charge is 0.488 e. The number of likely N-dealkylation sites (tertiary alicyclic amines) is 1. The normalized spacial score (nSPS) is 27.3. The molecule has 172 valence electrons. The minimum atomic E-state index is -0.201. The molecule has 6 rings (SSSR count). The molecule has 1 atom stereocenters. The fourth-order valence-electron chi connectivity index (χ4n) is 6.04. The van der Waals surface area contributed by atoms with Gasteiger partial charge in [-0.2, -0.15) is 0 Å². The van der Waals surface area contributed by atoms with Gasteiger partial charge in [0.2, 0.25) is 5.91 Å². The number of carbonyl (C=O) groups excluding carboxylic acids is 1. The number of aromatic nitrogens is 4. The van der Waals surface area contributed by atoms with E-state index < -0.39 is 0 Å². The third-order valence-corrected chi connectivity index (χ3v) is 8.22. The van der Waals surface area contributed by atoms with E-state index in [1.807, 2.05) is 16.5 Å². The molecule has 1 N–H and O–H groups in total. The molecular weight excluding hydrogens is 416 g/mol. The maximum Gasteiger partial charge on any atom is 0.233 e. The molecule has 2 fully saturated rings. The summed E-state index contributed by atoms with van der Waals surface area (Å²) in [5.74, 6) is 1.84. The van der Waals surface area contributed by atoms with Gasteiger partial charge in [-0.15, -0.1) is 5.10 Å². The van der Waals surface area contributed by atoms with E-state index in [-0.39, 0.29) is 11.5 Å². The highest BCUT2D eigenvalue weighted by molar-refractivity contribution is 5.87. The van der Waals surface area contributed by atoms with Crippen molar-refractivity contribution < 1.29 is 9.53 Å². The summed E-state index contributed by atoms with van der Waals surface area (Å²) < 4.78 is 7.42. The van der Waals surface area contributed by atoms with Crippen molar-refractivity contribution in [1.29, 1.82) is 0 Å². The van der Waals surface area contributed by atoms with E-state index in [2.05, 4.69) is 52.5 Å². The van der Waals surface area contributed by atoms with Crippen molar-refractivity contribution in [2.45, 2.75) is 64.6 Å². The second-order valence-corrected chi connectivity index (χ2v) is 10.0. The van der Waals surface area contributed by atoms with Crippen LogP contribution < -0.4 is 5.32 Å². The Balaban J connectivity index is 1.09. The lowest BCUT2D eigenvalue weighted by molar-refractivity contribution is -0.136. The van der Waals surface area contributed by atoms with Crippen LogP contribution in [-0.2, 0) is 16.1 Å². The second-order valence-electron chi connectivity index (χ2n) is 10.0. The minimum absolute atomic E-state index is 0.201. The molecule has 4 aliphatic rings. The first-order chi connectivity index (χ1) is 15.9. The monoisotopic (exact) mass is 446 g/mol. The van der Waals surface area contributed by atoms with Gasteiger partial charge in [-0.3, -0.25) is 4.79 Å². The van der Waals surface area contributed by atoms with Crippen LogP contribution in [0.15, 0.2) is 41.8 Å². The Kier molecular flexibility index (Phi) is 4.69. The predicted molar refractivity (Wildman–Crippen MR) is 123 cm³/mol. The van der Waals surface area contributed by atoms with E-state index in [4.69, 9.17) is 4.74 Å². The lowest BCUT2D eigenvalue weighted by Crippen LogP contribution is -2.42. The lowest BCUT2D eigenvalue weighted by atomic mass is 9.71. The molecule has 1 amide bonds. The average molecular weight is 447 g/mol. The highest BCUT2D eigenvalue weighted by Crippen LogP contribution is 2.47. The zero-order valence-corrected chi connectivity index (χ0v) is 19.3. The number of benzene rings is 1. The second kappa shape index (κ2) is 7.52. The van der Waals surface area contributed by atoms with Gasteiger partial charge in [-0.05, 0) is 67.5 Å². The fourth-order valence-corrected chi connectivity index (χ4v) is 6.04. The maximum absolute atomic E-state index is 13.4. The van der Waals surface area contributed by atoms with Crippen LogP contribution in [0.4, 0.5) is 0 Å². The summed E-state index contributed by atoms with van der Waals surface area (Å²) in [5, 5.41) is 15.8. The van der Waals surface area contributed by atoms with E-state index >= 15 is 0 Å². The highest BCUT2D eigenvalue weighted by atomic mass is 16.5. The molecule has 0 unspecified atom stereocenters. The van der Waals surface area contributed by atoms with E-state index in [0.717, 1.165) is 67.9 Å². The zero-order valence-electron chi connectivity index (χ0n) is 19.3. The van der Waals surface area contributed by atoms with Gasteiger partial charge in [0.15, 0.2) is 5.82 Å². The average Bonchev–Trinajstić information content (AvgIpc) is 3.56. The summed E-state index contributed by atoms with van der Waals surface area (Å²) >= 11 is 0. The number of rotatable bonds is 4. The van der Waals surface area contributed by atoms with E-state index in [1.165, 1.54) is 11.1 Å². The van der Waals surface area contributed by atoms with Crippen LogP contribution in [0.25, 0.3) is 11.4 Å². The Morgan fingerprint density at radius 1 is 1.27 bits per heavy atom.